The van der Waals surface area contributed by atoms with Gasteiger partial charge >= 0.3 is 12.1 Å². The third kappa shape index (κ3) is 4.95. The molecule has 0 amide bonds. The zero-order chi connectivity index (χ0) is 13.1. The lowest BCUT2D eigenvalue weighted by atomic mass is 10.1. The van der Waals surface area contributed by atoms with E-state index in [4.69, 9.17) is 0 Å². The predicted octanol–water partition coefficient (Wildman–Crippen LogP) is 1.75. The maximum atomic E-state index is 11.9. The summed E-state index contributed by atoms with van der Waals surface area (Å²) in [6.45, 7) is 1.88. The molecule has 1 saturated heterocycles. The molecule has 8 heteroatoms. The zero-order valence-corrected chi connectivity index (χ0v) is 9.94. The third-order valence-corrected chi connectivity index (χ3v) is 3.31. The molecule has 1 aliphatic rings. The van der Waals surface area contributed by atoms with Gasteiger partial charge in [-0.3, -0.25) is 4.79 Å². The quantitative estimate of drug-likeness (QED) is 0.765. The largest absolute Gasteiger partial charge is 0.492 e. The highest BCUT2D eigenvalue weighted by atomic mass is 32.2. The van der Waals surface area contributed by atoms with E-state index in [1.807, 2.05) is 0 Å². The molecule has 0 atom stereocenters. The van der Waals surface area contributed by atoms with Crippen molar-refractivity contribution in [3.63, 3.8) is 0 Å². The molecule has 1 heterocycles. The second-order valence-corrected chi connectivity index (χ2v) is 5.09. The van der Waals surface area contributed by atoms with Crippen molar-refractivity contribution in [3.8, 4) is 0 Å². The van der Waals surface area contributed by atoms with Gasteiger partial charge in [0, 0.05) is 25.3 Å². The summed E-state index contributed by atoms with van der Waals surface area (Å²) in [6, 6.07) is 0. The average Bonchev–Trinajstić information content (AvgIpc) is 2.18. The molecule has 0 radical (unpaired) electrons. The van der Waals surface area contributed by atoms with Gasteiger partial charge in [-0.2, -0.15) is 13.2 Å². The summed E-state index contributed by atoms with van der Waals surface area (Å²) in [6.07, 6.45) is -3.92. The number of rotatable bonds is 2. The number of alkyl halides is 3. The van der Waals surface area contributed by atoms with Gasteiger partial charge in [0.25, 0.3) is 0 Å². The molecule has 0 aliphatic carbocycles. The predicted molar refractivity (Wildman–Crippen MR) is 55.0 cm³/mol. The van der Waals surface area contributed by atoms with E-state index in [0.29, 0.717) is 12.8 Å². The minimum absolute atomic E-state index is 0.0178. The highest BCUT2D eigenvalue weighted by Crippen LogP contribution is 2.25. The van der Waals surface area contributed by atoms with Crippen LogP contribution in [0.3, 0.4) is 0 Å². The molecule has 0 N–H and O–H groups in total. The van der Waals surface area contributed by atoms with E-state index in [1.54, 1.807) is 0 Å². The number of halogens is 3. The number of hydroxylamine groups is 2. The monoisotopic (exact) mass is 271 g/mol. The van der Waals surface area contributed by atoms with Crippen molar-refractivity contribution in [1.82, 2.24) is 5.06 Å². The van der Waals surface area contributed by atoms with Gasteiger partial charge in [-0.05, 0) is 12.8 Å². The number of hydrogen-bond donors (Lipinski definition) is 0. The fraction of sp³-hybridized carbons (Fsp3) is 0.778. The highest BCUT2D eigenvalue weighted by Gasteiger charge is 2.42. The second kappa shape index (κ2) is 5.72. The molecule has 1 aliphatic heterocycles. The Hall–Kier alpha value is -0.760. The second-order valence-electron chi connectivity index (χ2n) is 3.61. The van der Waals surface area contributed by atoms with Crippen LogP contribution in [0.4, 0.5) is 13.2 Å². The molecule has 1 fully saturated rings. The van der Waals surface area contributed by atoms with Crippen LogP contribution < -0.4 is 0 Å². The molecule has 0 unspecified atom stereocenters. The Kier molecular flexibility index (Phi) is 4.81. The number of nitrogens with zero attached hydrogens (tertiary/aromatic N) is 1. The lowest BCUT2D eigenvalue weighted by Gasteiger charge is -2.29. The fourth-order valence-corrected chi connectivity index (χ4v) is 2.36. The van der Waals surface area contributed by atoms with Gasteiger partial charge in [0.1, 0.15) is 0 Å². The molecule has 98 valence electrons. The SMILES string of the molecule is CC(=O)SC1CCN(OC(=O)C(F)(F)F)CC1. The van der Waals surface area contributed by atoms with Crippen molar-refractivity contribution in [1.29, 1.82) is 0 Å². The van der Waals surface area contributed by atoms with Gasteiger partial charge in [-0.25, -0.2) is 4.79 Å². The van der Waals surface area contributed by atoms with E-state index in [1.165, 1.54) is 18.7 Å². The van der Waals surface area contributed by atoms with Gasteiger partial charge in [0.2, 0.25) is 0 Å². The number of piperidine rings is 1. The Morgan fingerprint density at radius 3 is 2.24 bits per heavy atom. The molecule has 17 heavy (non-hydrogen) atoms. The molecule has 0 spiro atoms. The molecule has 0 aromatic rings. The van der Waals surface area contributed by atoms with Crippen LogP contribution in [0.5, 0.6) is 0 Å². The summed E-state index contributed by atoms with van der Waals surface area (Å²) in [7, 11) is 0. The van der Waals surface area contributed by atoms with Crippen molar-refractivity contribution in [2.45, 2.75) is 31.2 Å². The van der Waals surface area contributed by atoms with Crippen molar-refractivity contribution >= 4 is 22.8 Å². The Morgan fingerprint density at radius 1 is 1.29 bits per heavy atom. The Morgan fingerprint density at radius 2 is 1.82 bits per heavy atom. The van der Waals surface area contributed by atoms with Gasteiger partial charge in [-0.15, -0.1) is 5.06 Å². The van der Waals surface area contributed by atoms with Crippen LogP contribution in [-0.4, -0.2) is 40.7 Å². The topological polar surface area (TPSA) is 46.6 Å². The van der Waals surface area contributed by atoms with Gasteiger partial charge in [0.15, 0.2) is 5.12 Å². The Bertz CT molecular complexity index is 300. The fourth-order valence-electron chi connectivity index (χ4n) is 1.44. The summed E-state index contributed by atoms with van der Waals surface area (Å²) in [5.74, 6) is -2.20. The molecule has 0 aromatic heterocycles. The van der Waals surface area contributed by atoms with Gasteiger partial charge in [-0.1, -0.05) is 11.8 Å². The maximum absolute atomic E-state index is 11.9. The molecule has 4 nitrogen and oxygen atoms in total. The van der Waals surface area contributed by atoms with Crippen LogP contribution in [0, 0.1) is 0 Å². The minimum atomic E-state index is -4.97. The molecule has 1 rings (SSSR count). The molecule has 0 bridgehead atoms. The van der Waals surface area contributed by atoms with E-state index in [-0.39, 0.29) is 23.5 Å². The van der Waals surface area contributed by atoms with E-state index >= 15 is 0 Å². The summed E-state index contributed by atoms with van der Waals surface area (Å²) in [4.78, 5) is 25.5. The van der Waals surface area contributed by atoms with Crippen LogP contribution in [0.1, 0.15) is 19.8 Å². The number of hydrogen-bond acceptors (Lipinski definition) is 5. The van der Waals surface area contributed by atoms with Gasteiger partial charge in [0.05, 0.1) is 0 Å². The standard InChI is InChI=1S/C9H12F3NO3S/c1-6(14)17-7-2-4-13(5-3-7)16-8(15)9(10,11)12/h7H,2-5H2,1H3. The summed E-state index contributed by atoms with van der Waals surface area (Å²) >= 11 is 1.17. The Balaban J connectivity index is 2.33. The number of carbonyl (C=O) groups excluding carboxylic acids is 2. The van der Waals surface area contributed by atoms with Crippen LogP contribution >= 0.6 is 11.8 Å². The lowest BCUT2D eigenvalue weighted by Crippen LogP contribution is -2.40. The first-order valence-electron chi connectivity index (χ1n) is 5.00. The summed E-state index contributed by atoms with van der Waals surface area (Å²) in [5.41, 5.74) is 0. The average molecular weight is 271 g/mol. The molecule has 0 saturated carbocycles. The molecular formula is C9H12F3NO3S. The van der Waals surface area contributed by atoms with Crippen molar-refractivity contribution in [2.75, 3.05) is 13.1 Å². The van der Waals surface area contributed by atoms with Crippen molar-refractivity contribution in [2.24, 2.45) is 0 Å². The van der Waals surface area contributed by atoms with E-state index in [9.17, 15) is 22.8 Å². The van der Waals surface area contributed by atoms with E-state index < -0.39 is 12.1 Å². The van der Waals surface area contributed by atoms with E-state index in [0.717, 1.165) is 5.06 Å². The highest BCUT2D eigenvalue weighted by molar-refractivity contribution is 8.14. The molecule has 0 aromatic carbocycles. The van der Waals surface area contributed by atoms with Crippen LogP contribution in [-0.2, 0) is 14.4 Å². The van der Waals surface area contributed by atoms with E-state index in [2.05, 4.69) is 4.84 Å². The van der Waals surface area contributed by atoms with Crippen molar-refractivity contribution in [3.05, 3.63) is 0 Å². The maximum Gasteiger partial charge on any atom is 0.492 e. The first-order chi connectivity index (χ1) is 7.79. The normalized spacial score (nSPS) is 19.1. The first kappa shape index (κ1) is 14.3. The van der Waals surface area contributed by atoms with Crippen molar-refractivity contribution < 1.29 is 27.6 Å². The van der Waals surface area contributed by atoms with Crippen LogP contribution in [0.2, 0.25) is 0 Å². The lowest BCUT2D eigenvalue weighted by molar-refractivity contribution is -0.240. The zero-order valence-electron chi connectivity index (χ0n) is 9.12. The molecular weight excluding hydrogens is 259 g/mol. The number of carbonyl (C=O) groups is 2. The Labute approximate surface area is 100 Å². The van der Waals surface area contributed by atoms with Crippen LogP contribution in [0.25, 0.3) is 0 Å². The summed E-state index contributed by atoms with van der Waals surface area (Å²) < 4.78 is 35.7. The third-order valence-electron chi connectivity index (χ3n) is 2.18. The summed E-state index contributed by atoms with van der Waals surface area (Å²) in [5, 5.41) is 1.07. The minimum Gasteiger partial charge on any atom is -0.361 e. The smallest absolute Gasteiger partial charge is 0.361 e. The van der Waals surface area contributed by atoms with Crippen LogP contribution in [0.15, 0.2) is 0 Å². The first-order valence-corrected chi connectivity index (χ1v) is 5.88. The van der Waals surface area contributed by atoms with Gasteiger partial charge < -0.3 is 4.84 Å². The number of thioether (sulfide) groups is 1.